The summed E-state index contributed by atoms with van der Waals surface area (Å²) in [6, 6.07) is 9.19. The lowest BCUT2D eigenvalue weighted by molar-refractivity contribution is 0.501. The third-order valence-electron chi connectivity index (χ3n) is 2.60. The molecule has 0 aliphatic rings. The first-order valence-corrected chi connectivity index (χ1v) is 7.65. The van der Waals surface area contributed by atoms with Gasteiger partial charge < -0.3 is 5.32 Å². The summed E-state index contributed by atoms with van der Waals surface area (Å²) in [7, 11) is 0. The van der Waals surface area contributed by atoms with E-state index in [0.29, 0.717) is 6.04 Å². The van der Waals surface area contributed by atoms with E-state index < -0.39 is 0 Å². The van der Waals surface area contributed by atoms with Crippen molar-refractivity contribution in [2.45, 2.75) is 37.6 Å². The van der Waals surface area contributed by atoms with Crippen molar-refractivity contribution in [3.8, 4) is 0 Å². The highest BCUT2D eigenvalue weighted by Gasteiger charge is 2.01. The standard InChI is InChI=1S/C13H20BrNS/c1-3-12(4-2)15-9-10-16-13-7-5-11(14)6-8-13/h5-8,12,15H,3-4,9-10H2,1-2H3. The van der Waals surface area contributed by atoms with Crippen LogP contribution in [-0.2, 0) is 0 Å². The molecule has 1 rings (SSSR count). The quantitative estimate of drug-likeness (QED) is 0.594. The molecule has 0 saturated heterocycles. The smallest absolute Gasteiger partial charge is 0.0176 e. The lowest BCUT2D eigenvalue weighted by Crippen LogP contribution is -2.29. The SMILES string of the molecule is CCC(CC)NCCSc1ccc(Br)cc1. The zero-order valence-electron chi connectivity index (χ0n) is 10.0. The Kier molecular flexibility index (Phi) is 7.17. The number of hydrogen-bond donors (Lipinski definition) is 1. The lowest BCUT2D eigenvalue weighted by Gasteiger charge is -2.14. The molecule has 0 spiro atoms. The number of nitrogens with one attached hydrogen (secondary N) is 1. The van der Waals surface area contributed by atoms with E-state index in [4.69, 9.17) is 0 Å². The minimum Gasteiger partial charge on any atom is -0.313 e. The van der Waals surface area contributed by atoms with Crippen molar-refractivity contribution in [2.24, 2.45) is 0 Å². The van der Waals surface area contributed by atoms with Gasteiger partial charge in [0.1, 0.15) is 0 Å². The molecule has 1 nitrogen and oxygen atoms in total. The molecule has 0 aliphatic carbocycles. The minimum absolute atomic E-state index is 0.686. The predicted octanol–water partition coefficient (Wildman–Crippen LogP) is 4.32. The van der Waals surface area contributed by atoms with E-state index in [-0.39, 0.29) is 0 Å². The lowest BCUT2D eigenvalue weighted by atomic mass is 10.2. The second-order valence-corrected chi connectivity index (χ2v) is 5.85. The minimum atomic E-state index is 0.686. The van der Waals surface area contributed by atoms with Gasteiger partial charge in [0, 0.05) is 27.7 Å². The third-order valence-corrected chi connectivity index (χ3v) is 4.15. The van der Waals surface area contributed by atoms with Crippen LogP contribution in [0.25, 0.3) is 0 Å². The number of rotatable bonds is 7. The average molecular weight is 302 g/mol. The molecule has 0 saturated carbocycles. The van der Waals surface area contributed by atoms with Crippen molar-refractivity contribution in [1.29, 1.82) is 0 Å². The molecule has 16 heavy (non-hydrogen) atoms. The zero-order chi connectivity index (χ0) is 11.8. The van der Waals surface area contributed by atoms with Crippen LogP contribution in [0.4, 0.5) is 0 Å². The Labute approximate surface area is 112 Å². The summed E-state index contributed by atoms with van der Waals surface area (Å²) in [6.07, 6.45) is 2.44. The molecule has 1 aromatic carbocycles. The van der Waals surface area contributed by atoms with Gasteiger partial charge in [-0.25, -0.2) is 0 Å². The Morgan fingerprint density at radius 1 is 1.19 bits per heavy atom. The van der Waals surface area contributed by atoms with Gasteiger partial charge >= 0.3 is 0 Å². The van der Waals surface area contributed by atoms with Crippen molar-refractivity contribution < 1.29 is 0 Å². The number of hydrogen-bond acceptors (Lipinski definition) is 2. The van der Waals surface area contributed by atoms with Gasteiger partial charge in [0.2, 0.25) is 0 Å². The van der Waals surface area contributed by atoms with Crippen LogP contribution in [0.5, 0.6) is 0 Å². The second-order valence-electron chi connectivity index (χ2n) is 3.77. The summed E-state index contributed by atoms with van der Waals surface area (Å²) in [4.78, 5) is 1.34. The van der Waals surface area contributed by atoms with E-state index in [1.165, 1.54) is 17.7 Å². The van der Waals surface area contributed by atoms with Gasteiger partial charge in [-0.05, 0) is 37.1 Å². The van der Waals surface area contributed by atoms with Gasteiger partial charge in [0.05, 0.1) is 0 Å². The van der Waals surface area contributed by atoms with Crippen LogP contribution < -0.4 is 5.32 Å². The summed E-state index contributed by atoms with van der Waals surface area (Å²) in [5.74, 6) is 1.14. The van der Waals surface area contributed by atoms with Crippen molar-refractivity contribution >= 4 is 27.7 Å². The van der Waals surface area contributed by atoms with Gasteiger partial charge in [-0.2, -0.15) is 0 Å². The summed E-state index contributed by atoms with van der Waals surface area (Å²) < 4.78 is 1.15. The normalized spacial score (nSPS) is 11.0. The van der Waals surface area contributed by atoms with Crippen LogP contribution in [0.3, 0.4) is 0 Å². The highest BCUT2D eigenvalue weighted by molar-refractivity contribution is 9.10. The molecular formula is C13H20BrNS. The molecule has 1 aromatic rings. The highest BCUT2D eigenvalue weighted by atomic mass is 79.9. The molecule has 0 fully saturated rings. The molecule has 90 valence electrons. The Balaban J connectivity index is 2.18. The van der Waals surface area contributed by atoms with Crippen LogP contribution >= 0.6 is 27.7 Å². The summed E-state index contributed by atoms with van der Waals surface area (Å²) in [5, 5.41) is 3.57. The van der Waals surface area contributed by atoms with E-state index in [1.54, 1.807) is 0 Å². The van der Waals surface area contributed by atoms with E-state index >= 15 is 0 Å². The predicted molar refractivity (Wildman–Crippen MR) is 77.2 cm³/mol. The maximum absolute atomic E-state index is 3.57. The fourth-order valence-corrected chi connectivity index (χ4v) is 2.59. The third kappa shape index (κ3) is 5.37. The Hall–Kier alpha value is 0.01000. The Morgan fingerprint density at radius 3 is 2.38 bits per heavy atom. The monoisotopic (exact) mass is 301 g/mol. The van der Waals surface area contributed by atoms with Gasteiger partial charge in [-0.15, -0.1) is 11.8 Å². The number of thioether (sulfide) groups is 1. The molecule has 0 aromatic heterocycles. The fourth-order valence-electron chi connectivity index (χ4n) is 1.54. The molecule has 1 N–H and O–H groups in total. The van der Waals surface area contributed by atoms with Crippen LogP contribution in [0.1, 0.15) is 26.7 Å². The number of benzene rings is 1. The number of halogens is 1. The Morgan fingerprint density at radius 2 is 1.81 bits per heavy atom. The first-order valence-electron chi connectivity index (χ1n) is 5.88. The molecule has 3 heteroatoms. The summed E-state index contributed by atoms with van der Waals surface area (Å²) in [5.41, 5.74) is 0. The van der Waals surface area contributed by atoms with Crippen LogP contribution in [0, 0.1) is 0 Å². The van der Waals surface area contributed by atoms with E-state index in [9.17, 15) is 0 Å². The van der Waals surface area contributed by atoms with E-state index in [2.05, 4.69) is 59.4 Å². The zero-order valence-corrected chi connectivity index (χ0v) is 12.4. The maximum Gasteiger partial charge on any atom is 0.0176 e. The molecule has 0 radical (unpaired) electrons. The summed E-state index contributed by atoms with van der Waals surface area (Å²) in [6.45, 7) is 5.57. The molecule has 0 amide bonds. The fraction of sp³-hybridized carbons (Fsp3) is 0.538. The van der Waals surface area contributed by atoms with Crippen molar-refractivity contribution in [2.75, 3.05) is 12.3 Å². The first kappa shape index (κ1) is 14.1. The van der Waals surface area contributed by atoms with Gasteiger partial charge in [-0.1, -0.05) is 29.8 Å². The average Bonchev–Trinajstić information content (AvgIpc) is 2.32. The maximum atomic E-state index is 3.57. The van der Waals surface area contributed by atoms with Crippen molar-refractivity contribution in [3.63, 3.8) is 0 Å². The van der Waals surface area contributed by atoms with Crippen LogP contribution in [-0.4, -0.2) is 18.3 Å². The topological polar surface area (TPSA) is 12.0 Å². The summed E-state index contributed by atoms with van der Waals surface area (Å²) >= 11 is 5.35. The molecule has 0 heterocycles. The second kappa shape index (κ2) is 8.15. The van der Waals surface area contributed by atoms with Crippen molar-refractivity contribution in [3.05, 3.63) is 28.7 Å². The van der Waals surface area contributed by atoms with Crippen molar-refractivity contribution in [1.82, 2.24) is 5.32 Å². The molecule has 0 atom stereocenters. The highest BCUT2D eigenvalue weighted by Crippen LogP contribution is 2.19. The van der Waals surface area contributed by atoms with Gasteiger partial charge in [0.25, 0.3) is 0 Å². The van der Waals surface area contributed by atoms with E-state index in [0.717, 1.165) is 16.8 Å². The molecule has 0 unspecified atom stereocenters. The van der Waals surface area contributed by atoms with Crippen LogP contribution in [0.2, 0.25) is 0 Å². The van der Waals surface area contributed by atoms with Crippen LogP contribution in [0.15, 0.2) is 33.6 Å². The first-order chi connectivity index (χ1) is 7.76. The van der Waals surface area contributed by atoms with Gasteiger partial charge in [0.15, 0.2) is 0 Å². The Bertz CT molecular complexity index is 282. The molecular weight excluding hydrogens is 282 g/mol. The largest absolute Gasteiger partial charge is 0.313 e. The van der Waals surface area contributed by atoms with E-state index in [1.807, 2.05) is 11.8 Å². The van der Waals surface area contributed by atoms with Gasteiger partial charge in [-0.3, -0.25) is 0 Å². The molecule has 0 aliphatic heterocycles. The molecule has 0 bridgehead atoms.